The lowest BCUT2D eigenvalue weighted by atomic mass is 10.2. The largest absolute Gasteiger partial charge is 0.478 e. The summed E-state index contributed by atoms with van der Waals surface area (Å²) in [7, 11) is 0. The van der Waals surface area contributed by atoms with Crippen molar-refractivity contribution in [3.8, 4) is 0 Å². The Kier molecular flexibility index (Phi) is 4.14. The Bertz CT molecular complexity index is 569. The normalized spacial score (nSPS) is 10.6. The van der Waals surface area contributed by atoms with Crippen LogP contribution in [0.25, 0.3) is 0 Å². The van der Waals surface area contributed by atoms with E-state index in [1.165, 1.54) is 12.5 Å². The van der Waals surface area contributed by atoms with Gasteiger partial charge in [-0.05, 0) is 0 Å². The highest BCUT2D eigenvalue weighted by Gasteiger charge is 2.10. The van der Waals surface area contributed by atoms with Gasteiger partial charge >= 0.3 is 5.97 Å². The summed E-state index contributed by atoms with van der Waals surface area (Å²) in [6, 6.07) is 0. The summed E-state index contributed by atoms with van der Waals surface area (Å²) >= 11 is 0. The second-order valence-electron chi connectivity index (χ2n) is 3.84. The molecule has 0 radical (unpaired) electrons. The zero-order valence-corrected chi connectivity index (χ0v) is 10.3. The number of aryl methyl sites for hydroxylation is 1. The van der Waals surface area contributed by atoms with Gasteiger partial charge in [-0.3, -0.25) is 0 Å². The molecule has 0 fully saturated rings. The van der Waals surface area contributed by atoms with E-state index >= 15 is 0 Å². The molecule has 8 nitrogen and oxygen atoms in total. The van der Waals surface area contributed by atoms with Crippen LogP contribution in [0.1, 0.15) is 27.8 Å². The van der Waals surface area contributed by atoms with Crippen LogP contribution in [0.5, 0.6) is 0 Å². The molecule has 0 aliphatic rings. The highest BCUT2D eigenvalue weighted by molar-refractivity contribution is 5.88. The lowest BCUT2D eigenvalue weighted by Gasteiger charge is -2.05. The van der Waals surface area contributed by atoms with Crippen molar-refractivity contribution >= 4 is 5.97 Å². The van der Waals surface area contributed by atoms with Gasteiger partial charge in [0.05, 0.1) is 5.69 Å². The molecule has 2 rings (SSSR count). The van der Waals surface area contributed by atoms with Gasteiger partial charge in [0, 0.05) is 32.6 Å². The van der Waals surface area contributed by atoms with E-state index in [2.05, 4.69) is 25.4 Å². The van der Waals surface area contributed by atoms with Gasteiger partial charge in [0.2, 0.25) is 5.89 Å². The molecule has 0 aliphatic heterocycles. The molecule has 2 aromatic heterocycles. The highest BCUT2D eigenvalue weighted by Crippen LogP contribution is 2.03. The lowest BCUT2D eigenvalue weighted by Crippen LogP contribution is -2.20. The molecule has 0 atom stereocenters. The molecule has 0 saturated heterocycles. The number of hydrogen-bond donors (Lipinski definition) is 2. The average molecular weight is 263 g/mol. The molecule has 0 bridgehead atoms. The van der Waals surface area contributed by atoms with E-state index in [1.54, 1.807) is 6.92 Å². The van der Waals surface area contributed by atoms with Crippen molar-refractivity contribution in [2.75, 3.05) is 6.54 Å². The number of hydrogen-bond acceptors (Lipinski definition) is 7. The van der Waals surface area contributed by atoms with Crippen molar-refractivity contribution < 1.29 is 14.4 Å². The van der Waals surface area contributed by atoms with E-state index in [0.717, 1.165) is 0 Å². The molecule has 0 unspecified atom stereocenters. The van der Waals surface area contributed by atoms with Crippen LogP contribution < -0.4 is 5.32 Å². The van der Waals surface area contributed by atoms with E-state index < -0.39 is 5.97 Å². The van der Waals surface area contributed by atoms with E-state index in [9.17, 15) is 4.79 Å². The van der Waals surface area contributed by atoms with Gasteiger partial charge in [0.1, 0.15) is 11.9 Å². The van der Waals surface area contributed by atoms with E-state index in [4.69, 9.17) is 9.63 Å². The number of aromatic carboxylic acids is 1. The molecule has 19 heavy (non-hydrogen) atoms. The summed E-state index contributed by atoms with van der Waals surface area (Å²) in [6.07, 6.45) is 3.21. The van der Waals surface area contributed by atoms with Crippen LogP contribution in [0, 0.1) is 6.92 Å². The van der Waals surface area contributed by atoms with Crippen molar-refractivity contribution in [1.29, 1.82) is 0 Å². The van der Waals surface area contributed by atoms with Crippen LogP contribution >= 0.6 is 0 Å². The molecule has 0 spiro atoms. The third-order valence-electron chi connectivity index (χ3n) is 2.41. The van der Waals surface area contributed by atoms with Crippen LogP contribution in [-0.4, -0.2) is 37.7 Å². The molecule has 2 aromatic rings. The number of nitrogens with zero attached hydrogens (tertiary/aromatic N) is 4. The van der Waals surface area contributed by atoms with Gasteiger partial charge < -0.3 is 14.9 Å². The van der Waals surface area contributed by atoms with Crippen LogP contribution in [0.15, 0.2) is 17.0 Å². The number of carboxylic acids is 1. The molecule has 100 valence electrons. The second kappa shape index (κ2) is 6.01. The van der Waals surface area contributed by atoms with Crippen molar-refractivity contribution in [3.05, 3.63) is 35.5 Å². The van der Waals surface area contributed by atoms with Gasteiger partial charge in [-0.15, -0.1) is 0 Å². The van der Waals surface area contributed by atoms with Crippen LogP contribution in [0.4, 0.5) is 0 Å². The SMILES string of the molecule is Cc1nc(CCNCc2ncncc2C(=O)O)no1. The van der Waals surface area contributed by atoms with Gasteiger partial charge in [0.15, 0.2) is 5.82 Å². The number of nitrogens with one attached hydrogen (secondary N) is 1. The number of carboxylic acid groups (broad SMARTS) is 1. The molecule has 0 amide bonds. The summed E-state index contributed by atoms with van der Waals surface area (Å²) in [4.78, 5) is 22.6. The van der Waals surface area contributed by atoms with E-state index in [0.29, 0.717) is 36.9 Å². The Morgan fingerprint density at radius 2 is 2.37 bits per heavy atom. The molecular formula is C11H13N5O3. The lowest BCUT2D eigenvalue weighted by molar-refractivity contribution is 0.0694. The van der Waals surface area contributed by atoms with E-state index in [1.807, 2.05) is 0 Å². The average Bonchev–Trinajstić information content (AvgIpc) is 2.81. The third-order valence-corrected chi connectivity index (χ3v) is 2.41. The fourth-order valence-corrected chi connectivity index (χ4v) is 1.52. The molecular weight excluding hydrogens is 250 g/mol. The zero-order chi connectivity index (χ0) is 13.7. The quantitative estimate of drug-likeness (QED) is 0.710. The second-order valence-corrected chi connectivity index (χ2v) is 3.84. The molecule has 8 heteroatoms. The maximum absolute atomic E-state index is 10.9. The Morgan fingerprint density at radius 1 is 1.53 bits per heavy atom. The van der Waals surface area contributed by atoms with Crippen molar-refractivity contribution in [2.45, 2.75) is 19.9 Å². The first-order valence-corrected chi connectivity index (χ1v) is 5.69. The first-order valence-electron chi connectivity index (χ1n) is 5.69. The monoisotopic (exact) mass is 263 g/mol. The minimum atomic E-state index is -1.04. The Hall–Kier alpha value is -2.35. The number of rotatable bonds is 6. The first-order chi connectivity index (χ1) is 9.16. The van der Waals surface area contributed by atoms with Crippen molar-refractivity contribution in [2.24, 2.45) is 0 Å². The van der Waals surface area contributed by atoms with Crippen LogP contribution in [0.2, 0.25) is 0 Å². The maximum atomic E-state index is 10.9. The number of aromatic nitrogens is 4. The third kappa shape index (κ3) is 3.55. The first kappa shape index (κ1) is 13.1. The van der Waals surface area contributed by atoms with Crippen molar-refractivity contribution in [1.82, 2.24) is 25.4 Å². The highest BCUT2D eigenvalue weighted by atomic mass is 16.5. The Labute approximate surface area is 108 Å². The summed E-state index contributed by atoms with van der Waals surface area (Å²) in [5.74, 6) is 0.108. The predicted octanol–water partition coefficient (Wildman–Crippen LogP) is 0.199. The van der Waals surface area contributed by atoms with Crippen LogP contribution in [-0.2, 0) is 13.0 Å². The number of carbonyl (C=O) groups is 1. The minimum absolute atomic E-state index is 0.102. The maximum Gasteiger partial charge on any atom is 0.339 e. The summed E-state index contributed by atoms with van der Waals surface area (Å²) in [6.45, 7) is 2.67. The fraction of sp³-hybridized carbons (Fsp3) is 0.364. The summed E-state index contributed by atoms with van der Waals surface area (Å²) < 4.78 is 4.84. The Balaban J connectivity index is 1.84. The fourth-order valence-electron chi connectivity index (χ4n) is 1.52. The minimum Gasteiger partial charge on any atom is -0.478 e. The predicted molar refractivity (Wildman–Crippen MR) is 63.4 cm³/mol. The molecule has 2 heterocycles. The van der Waals surface area contributed by atoms with Crippen molar-refractivity contribution in [3.63, 3.8) is 0 Å². The topological polar surface area (TPSA) is 114 Å². The Morgan fingerprint density at radius 3 is 3.05 bits per heavy atom. The molecule has 0 aromatic carbocycles. The standard InChI is InChI=1S/C11H13N5O3/c1-7-15-10(16-19-7)2-3-12-5-9-8(11(17)18)4-13-6-14-9/h4,6,12H,2-3,5H2,1H3,(H,17,18). The van der Waals surface area contributed by atoms with Gasteiger partial charge in [-0.1, -0.05) is 5.16 Å². The smallest absolute Gasteiger partial charge is 0.339 e. The van der Waals surface area contributed by atoms with Gasteiger partial charge in [-0.25, -0.2) is 14.8 Å². The van der Waals surface area contributed by atoms with E-state index in [-0.39, 0.29) is 5.56 Å². The summed E-state index contributed by atoms with van der Waals surface area (Å²) in [5.41, 5.74) is 0.553. The molecule has 2 N–H and O–H groups in total. The molecule has 0 aliphatic carbocycles. The van der Waals surface area contributed by atoms with Gasteiger partial charge in [-0.2, -0.15) is 4.98 Å². The molecule has 0 saturated carbocycles. The zero-order valence-electron chi connectivity index (χ0n) is 10.3. The van der Waals surface area contributed by atoms with Gasteiger partial charge in [0.25, 0.3) is 0 Å². The summed E-state index contributed by atoms with van der Waals surface area (Å²) in [5, 5.41) is 15.8. The van der Waals surface area contributed by atoms with Crippen LogP contribution in [0.3, 0.4) is 0 Å².